The van der Waals surface area contributed by atoms with Crippen molar-refractivity contribution in [2.75, 3.05) is 0 Å². The average Bonchev–Trinajstić information content (AvgIpc) is 1.99. The van der Waals surface area contributed by atoms with Gasteiger partial charge in [-0.25, -0.2) is 0 Å². The number of aliphatic hydroxyl groups excluding tert-OH is 1. The molecule has 0 amide bonds. The fraction of sp³-hybridized carbons (Fsp3) is 0. The van der Waals surface area contributed by atoms with E-state index in [1.54, 1.807) is 18.2 Å². The minimum absolute atomic E-state index is 0.292. The molecule has 0 aromatic carbocycles. The molecule has 0 bridgehead atoms. The van der Waals surface area contributed by atoms with Crippen molar-refractivity contribution in [2.24, 2.45) is 0 Å². The first-order valence-electron chi connectivity index (χ1n) is 2.51. The van der Waals surface area contributed by atoms with Gasteiger partial charge in [0.05, 0.1) is 0 Å². The molecule has 48 valence electrons. The molecule has 1 aliphatic heterocycles. The lowest BCUT2D eigenvalue weighted by atomic mass is 10.5. The van der Waals surface area contributed by atoms with Crippen molar-refractivity contribution in [1.29, 1.82) is 0 Å². The van der Waals surface area contributed by atoms with Crippen LogP contribution in [0.5, 0.6) is 0 Å². The number of allylic oxidation sites excluding steroid dienone is 4. The molecule has 0 unspecified atom stereocenters. The monoisotopic (exact) mass is 124 g/mol. The van der Waals surface area contributed by atoms with Gasteiger partial charge >= 0.3 is 0 Å². The summed E-state index contributed by atoms with van der Waals surface area (Å²) in [6.45, 7) is 0. The molecule has 0 radical (unpaired) electrons. The van der Waals surface area contributed by atoms with Gasteiger partial charge in [-0.3, -0.25) is 0 Å². The molecule has 3 nitrogen and oxygen atoms in total. The molecular formula is C6H6NO2-. The minimum Gasteiger partial charge on any atom is -0.752 e. The molecule has 0 saturated carbocycles. The number of hydroxylamine groups is 2. The predicted octanol–water partition coefficient (Wildman–Crippen LogP) is 1.27. The molecular weight excluding hydrogens is 118 g/mol. The van der Waals surface area contributed by atoms with Crippen molar-refractivity contribution in [1.82, 2.24) is 5.06 Å². The molecule has 1 heterocycles. The van der Waals surface area contributed by atoms with Gasteiger partial charge in [-0.15, -0.1) is 0 Å². The third-order valence-electron chi connectivity index (χ3n) is 0.915. The summed E-state index contributed by atoms with van der Waals surface area (Å²) < 4.78 is 0. The summed E-state index contributed by atoms with van der Waals surface area (Å²) in [6, 6.07) is 0. The maximum atomic E-state index is 10.5. The quantitative estimate of drug-likeness (QED) is 0.529. The highest BCUT2D eigenvalue weighted by molar-refractivity contribution is 5.18. The summed E-state index contributed by atoms with van der Waals surface area (Å²) in [7, 11) is 0. The van der Waals surface area contributed by atoms with Crippen LogP contribution in [0.15, 0.2) is 36.4 Å². The van der Waals surface area contributed by atoms with Crippen molar-refractivity contribution in [2.45, 2.75) is 0 Å². The molecule has 0 aromatic rings. The Kier molecular flexibility index (Phi) is 1.55. The summed E-state index contributed by atoms with van der Waals surface area (Å²) >= 11 is 0. The Balaban J connectivity index is 2.80. The first kappa shape index (κ1) is 5.91. The molecule has 1 rings (SSSR count). The van der Waals surface area contributed by atoms with E-state index < -0.39 is 0 Å². The largest absolute Gasteiger partial charge is 0.752 e. The third-order valence-corrected chi connectivity index (χ3v) is 0.915. The number of nitrogens with zero attached hydrogens (tertiary/aromatic N) is 1. The summed E-state index contributed by atoms with van der Waals surface area (Å²) in [4.78, 5) is 0. The molecule has 1 N–H and O–H groups in total. The van der Waals surface area contributed by atoms with Crippen molar-refractivity contribution in [3.8, 4) is 0 Å². The van der Waals surface area contributed by atoms with E-state index in [0.717, 1.165) is 0 Å². The van der Waals surface area contributed by atoms with Gasteiger partial charge < -0.3 is 15.4 Å². The molecule has 1 aliphatic rings. The Bertz CT molecular complexity index is 181. The second-order valence-electron chi connectivity index (χ2n) is 1.58. The van der Waals surface area contributed by atoms with Gasteiger partial charge in [-0.1, -0.05) is 12.2 Å². The number of rotatable bonds is 0. The van der Waals surface area contributed by atoms with Gasteiger partial charge in [0, 0.05) is 0 Å². The minimum atomic E-state index is -0.292. The van der Waals surface area contributed by atoms with Gasteiger partial charge in [0.25, 0.3) is 0 Å². The standard InChI is InChI=1S/C6H6NO2/c8-6-4-2-1-3-5-7(6)9/h1-5,8H/q-1. The van der Waals surface area contributed by atoms with E-state index in [1.807, 2.05) is 0 Å². The first-order chi connectivity index (χ1) is 4.30. The van der Waals surface area contributed by atoms with Crippen LogP contribution in [0.4, 0.5) is 0 Å². The Morgan fingerprint density at radius 3 is 2.89 bits per heavy atom. The summed E-state index contributed by atoms with van der Waals surface area (Å²) in [5, 5.41) is 19.6. The van der Waals surface area contributed by atoms with Crippen LogP contribution in [0.3, 0.4) is 0 Å². The zero-order chi connectivity index (χ0) is 6.69. The smallest absolute Gasteiger partial charge is 0.179 e. The molecule has 9 heavy (non-hydrogen) atoms. The molecule has 0 saturated heterocycles. The summed E-state index contributed by atoms with van der Waals surface area (Å²) in [6.07, 6.45) is 7.35. The second kappa shape index (κ2) is 2.37. The van der Waals surface area contributed by atoms with E-state index in [0.29, 0.717) is 5.06 Å². The second-order valence-corrected chi connectivity index (χ2v) is 1.58. The topological polar surface area (TPSA) is 46.5 Å². The van der Waals surface area contributed by atoms with E-state index in [9.17, 15) is 5.21 Å². The summed E-state index contributed by atoms with van der Waals surface area (Å²) in [5.74, 6) is -0.292. The molecule has 0 spiro atoms. The van der Waals surface area contributed by atoms with Gasteiger partial charge in [-0.2, -0.15) is 0 Å². The van der Waals surface area contributed by atoms with Gasteiger partial charge in [0.2, 0.25) is 0 Å². The zero-order valence-corrected chi connectivity index (χ0v) is 4.69. The van der Waals surface area contributed by atoms with Gasteiger partial charge in [-0.05, 0) is 18.4 Å². The van der Waals surface area contributed by atoms with Crippen LogP contribution in [0.2, 0.25) is 0 Å². The van der Waals surface area contributed by atoms with Crippen LogP contribution < -0.4 is 0 Å². The highest BCUT2D eigenvalue weighted by Gasteiger charge is 1.89. The van der Waals surface area contributed by atoms with Crippen LogP contribution in [-0.2, 0) is 0 Å². The Hall–Kier alpha value is -1.22. The normalized spacial score (nSPS) is 17.4. The number of hydrogen-bond acceptors (Lipinski definition) is 3. The van der Waals surface area contributed by atoms with Gasteiger partial charge in [0.15, 0.2) is 5.88 Å². The molecule has 3 heteroatoms. The molecule has 0 aromatic heterocycles. The van der Waals surface area contributed by atoms with Crippen LogP contribution >= 0.6 is 0 Å². The Labute approximate surface area is 52.8 Å². The first-order valence-corrected chi connectivity index (χ1v) is 2.51. The SMILES string of the molecule is [O-]N1C=CC=CC=C1O. The summed E-state index contributed by atoms with van der Waals surface area (Å²) in [5.41, 5.74) is 0. The van der Waals surface area contributed by atoms with E-state index >= 15 is 0 Å². The van der Waals surface area contributed by atoms with E-state index in [-0.39, 0.29) is 5.88 Å². The zero-order valence-electron chi connectivity index (χ0n) is 4.69. The lowest BCUT2D eigenvalue weighted by molar-refractivity contribution is 0.301. The number of aliphatic hydroxyl groups is 1. The Morgan fingerprint density at radius 2 is 2.11 bits per heavy atom. The molecule has 0 fully saturated rings. The van der Waals surface area contributed by atoms with Crippen molar-refractivity contribution in [3.63, 3.8) is 0 Å². The third kappa shape index (κ3) is 1.33. The van der Waals surface area contributed by atoms with Crippen LogP contribution in [0.25, 0.3) is 0 Å². The van der Waals surface area contributed by atoms with E-state index in [1.165, 1.54) is 12.3 Å². The highest BCUT2D eigenvalue weighted by Crippen LogP contribution is 2.02. The average molecular weight is 124 g/mol. The fourth-order valence-electron chi connectivity index (χ4n) is 0.483. The van der Waals surface area contributed by atoms with Crippen molar-refractivity contribution >= 4 is 0 Å². The predicted molar refractivity (Wildman–Crippen MR) is 34.2 cm³/mol. The Morgan fingerprint density at radius 1 is 1.33 bits per heavy atom. The van der Waals surface area contributed by atoms with Crippen LogP contribution in [0.1, 0.15) is 0 Å². The van der Waals surface area contributed by atoms with E-state index in [2.05, 4.69) is 0 Å². The van der Waals surface area contributed by atoms with Crippen molar-refractivity contribution in [3.05, 3.63) is 41.6 Å². The van der Waals surface area contributed by atoms with E-state index in [4.69, 9.17) is 5.11 Å². The maximum absolute atomic E-state index is 10.5. The van der Waals surface area contributed by atoms with Crippen LogP contribution in [0, 0.1) is 5.21 Å². The fourth-order valence-corrected chi connectivity index (χ4v) is 0.483. The molecule has 0 atom stereocenters. The maximum Gasteiger partial charge on any atom is 0.179 e. The molecule has 0 aliphatic carbocycles. The number of hydrogen-bond donors (Lipinski definition) is 1. The highest BCUT2D eigenvalue weighted by atomic mass is 16.5. The van der Waals surface area contributed by atoms with Crippen LogP contribution in [-0.4, -0.2) is 10.2 Å². The lowest BCUT2D eigenvalue weighted by Gasteiger charge is -2.22. The van der Waals surface area contributed by atoms with Gasteiger partial charge in [0.1, 0.15) is 0 Å². The lowest BCUT2D eigenvalue weighted by Crippen LogP contribution is -2.05. The van der Waals surface area contributed by atoms with Crippen molar-refractivity contribution < 1.29 is 5.11 Å².